The summed E-state index contributed by atoms with van der Waals surface area (Å²) in [6.45, 7) is 1.33. The highest BCUT2D eigenvalue weighted by Crippen LogP contribution is 2.15. The minimum Gasteiger partial charge on any atom is -0.465 e. The van der Waals surface area contributed by atoms with E-state index in [0.29, 0.717) is 39.8 Å². The number of hydrogen-bond acceptors (Lipinski definition) is 7. The van der Waals surface area contributed by atoms with E-state index in [1.807, 2.05) is 0 Å². The summed E-state index contributed by atoms with van der Waals surface area (Å²) in [7, 11) is 1.30. The summed E-state index contributed by atoms with van der Waals surface area (Å²) in [4.78, 5) is 35.3. The topological polar surface area (TPSA) is 120 Å². The molecule has 0 amide bonds. The third-order valence-corrected chi connectivity index (χ3v) is 4.85. The van der Waals surface area contributed by atoms with Crippen molar-refractivity contribution in [3.63, 3.8) is 0 Å². The first-order valence-electron chi connectivity index (χ1n) is 8.22. The fraction of sp³-hybridized carbons (Fsp3) is 0.412. The summed E-state index contributed by atoms with van der Waals surface area (Å²) in [5, 5.41) is 0.831. The van der Waals surface area contributed by atoms with Crippen molar-refractivity contribution in [2.75, 3.05) is 20.3 Å². The van der Waals surface area contributed by atoms with E-state index in [0.717, 1.165) is 19.4 Å². The Labute approximate surface area is 154 Å². The first-order chi connectivity index (χ1) is 12.6. The monoisotopic (exact) mass is 376 g/mol. The molecule has 0 bridgehead atoms. The van der Waals surface area contributed by atoms with Crippen molar-refractivity contribution in [1.82, 2.24) is 9.97 Å². The minimum absolute atomic E-state index is 0.143. The van der Waals surface area contributed by atoms with E-state index in [1.165, 1.54) is 24.9 Å². The minimum atomic E-state index is -0.476. The molecular weight excluding hydrogens is 356 g/mol. The summed E-state index contributed by atoms with van der Waals surface area (Å²) >= 11 is 1.29. The number of esters is 1. The Kier molecular flexibility index (Phi) is 5.89. The number of rotatable bonds is 5. The zero-order chi connectivity index (χ0) is 18.5. The number of aliphatic imine (C=N–C) groups is 1. The molecule has 1 aliphatic rings. The molecule has 1 atom stereocenters. The highest BCUT2D eigenvalue weighted by atomic mass is 32.2. The normalized spacial score (nSPS) is 17.6. The van der Waals surface area contributed by atoms with E-state index in [1.54, 1.807) is 12.1 Å². The van der Waals surface area contributed by atoms with E-state index in [9.17, 15) is 9.59 Å². The van der Waals surface area contributed by atoms with Crippen LogP contribution in [0.4, 0.5) is 0 Å². The number of ether oxygens (including phenoxy) is 2. The predicted molar refractivity (Wildman–Crippen MR) is 100 cm³/mol. The van der Waals surface area contributed by atoms with Crippen molar-refractivity contribution in [2.24, 2.45) is 10.7 Å². The Balaban J connectivity index is 1.71. The van der Waals surface area contributed by atoms with E-state index in [4.69, 9.17) is 15.2 Å². The third-order valence-electron chi connectivity index (χ3n) is 4.01. The van der Waals surface area contributed by atoms with E-state index in [-0.39, 0.29) is 11.7 Å². The van der Waals surface area contributed by atoms with Gasteiger partial charge in [0.05, 0.1) is 42.0 Å². The van der Waals surface area contributed by atoms with Crippen molar-refractivity contribution in [2.45, 2.75) is 24.7 Å². The number of nitrogens with zero attached hydrogens (tertiary/aromatic N) is 2. The number of methoxy groups -OCH3 is 1. The number of amidine groups is 1. The Morgan fingerprint density at radius 2 is 2.38 bits per heavy atom. The van der Waals surface area contributed by atoms with Gasteiger partial charge in [0.15, 0.2) is 5.17 Å². The second kappa shape index (κ2) is 8.33. The molecule has 1 aliphatic heterocycles. The van der Waals surface area contributed by atoms with Crippen LogP contribution in [0.5, 0.6) is 0 Å². The van der Waals surface area contributed by atoms with Crippen LogP contribution in [0, 0.1) is 0 Å². The summed E-state index contributed by atoms with van der Waals surface area (Å²) in [5.74, 6) is 0.356. The molecule has 9 heteroatoms. The molecule has 1 saturated heterocycles. The maximum absolute atomic E-state index is 12.2. The molecule has 1 fully saturated rings. The molecular formula is C17H20N4O4S. The summed E-state index contributed by atoms with van der Waals surface area (Å²) < 4.78 is 10.2. The molecule has 2 heterocycles. The van der Waals surface area contributed by atoms with Crippen LogP contribution in [-0.2, 0) is 15.2 Å². The second-order valence-electron chi connectivity index (χ2n) is 5.84. The van der Waals surface area contributed by atoms with Gasteiger partial charge in [0.2, 0.25) is 0 Å². The van der Waals surface area contributed by atoms with Crippen molar-refractivity contribution in [3.05, 3.63) is 39.9 Å². The van der Waals surface area contributed by atoms with Gasteiger partial charge < -0.3 is 20.2 Å². The van der Waals surface area contributed by atoms with Gasteiger partial charge >= 0.3 is 5.97 Å². The number of nitrogens with two attached hydrogens (primary N) is 1. The van der Waals surface area contributed by atoms with Gasteiger partial charge in [-0.3, -0.25) is 9.79 Å². The van der Waals surface area contributed by atoms with Gasteiger partial charge in [0.25, 0.3) is 5.56 Å². The molecule has 3 N–H and O–H groups in total. The van der Waals surface area contributed by atoms with Gasteiger partial charge in [-0.1, -0.05) is 11.8 Å². The van der Waals surface area contributed by atoms with Gasteiger partial charge in [-0.05, 0) is 31.0 Å². The Morgan fingerprint density at radius 3 is 3.12 bits per heavy atom. The molecule has 0 saturated carbocycles. The van der Waals surface area contributed by atoms with Gasteiger partial charge in [-0.2, -0.15) is 0 Å². The first-order valence-corrected chi connectivity index (χ1v) is 9.21. The van der Waals surface area contributed by atoms with Gasteiger partial charge in [-0.25, -0.2) is 9.78 Å². The first kappa shape index (κ1) is 18.4. The Bertz CT molecular complexity index is 890. The SMILES string of the molecule is COC(=O)c1ccc2c(=O)[nH]c(CSC(N)=NC[C@@H]3CCCO3)nc2c1. The largest absolute Gasteiger partial charge is 0.465 e. The molecule has 1 aromatic heterocycles. The van der Waals surface area contributed by atoms with Crippen LogP contribution in [-0.4, -0.2) is 47.5 Å². The van der Waals surface area contributed by atoms with Gasteiger partial charge in [-0.15, -0.1) is 0 Å². The number of aromatic nitrogens is 2. The molecule has 138 valence electrons. The molecule has 26 heavy (non-hydrogen) atoms. The highest BCUT2D eigenvalue weighted by molar-refractivity contribution is 8.13. The molecule has 3 rings (SSSR count). The van der Waals surface area contributed by atoms with Crippen LogP contribution < -0.4 is 11.3 Å². The van der Waals surface area contributed by atoms with Crippen molar-refractivity contribution in [3.8, 4) is 0 Å². The number of thioether (sulfide) groups is 1. The summed E-state index contributed by atoms with van der Waals surface area (Å²) in [5.41, 5.74) is 6.42. The second-order valence-corrected chi connectivity index (χ2v) is 6.83. The maximum atomic E-state index is 12.2. The lowest BCUT2D eigenvalue weighted by atomic mass is 10.1. The zero-order valence-electron chi connectivity index (χ0n) is 14.4. The number of carbonyl (C=O) groups is 1. The fourth-order valence-electron chi connectivity index (χ4n) is 2.67. The number of fused-ring (bicyclic) bond motifs is 1. The van der Waals surface area contributed by atoms with Crippen molar-refractivity contribution >= 4 is 33.8 Å². The number of hydrogen-bond donors (Lipinski definition) is 2. The number of nitrogens with one attached hydrogen (secondary N) is 1. The van der Waals surface area contributed by atoms with Crippen LogP contribution in [0.25, 0.3) is 10.9 Å². The van der Waals surface area contributed by atoms with E-state index >= 15 is 0 Å². The number of benzene rings is 1. The zero-order valence-corrected chi connectivity index (χ0v) is 15.2. The predicted octanol–water partition coefficient (Wildman–Crippen LogP) is 1.44. The molecule has 8 nitrogen and oxygen atoms in total. The average molecular weight is 376 g/mol. The van der Waals surface area contributed by atoms with Crippen molar-refractivity contribution < 1.29 is 14.3 Å². The number of H-pyrrole nitrogens is 1. The molecule has 0 aliphatic carbocycles. The van der Waals surface area contributed by atoms with Crippen LogP contribution in [0.15, 0.2) is 28.0 Å². The lowest BCUT2D eigenvalue weighted by molar-refractivity contribution is 0.0601. The lowest BCUT2D eigenvalue weighted by Gasteiger charge is -2.07. The van der Waals surface area contributed by atoms with Crippen LogP contribution >= 0.6 is 11.8 Å². The molecule has 2 aromatic rings. The molecule has 0 radical (unpaired) electrons. The van der Waals surface area contributed by atoms with Crippen LogP contribution in [0.2, 0.25) is 0 Å². The van der Waals surface area contributed by atoms with Crippen molar-refractivity contribution in [1.29, 1.82) is 0 Å². The molecule has 0 spiro atoms. The highest BCUT2D eigenvalue weighted by Gasteiger charge is 2.15. The molecule has 0 unspecified atom stereocenters. The lowest BCUT2D eigenvalue weighted by Crippen LogP contribution is -2.16. The standard InChI is InChI=1S/C17H20N4O4S/c1-24-16(23)10-4-5-12-13(7-10)20-14(21-15(12)22)9-26-17(18)19-8-11-3-2-6-25-11/h4-5,7,11H,2-3,6,8-9H2,1H3,(H2,18,19)(H,20,21,22)/t11-/m0/s1. The van der Waals surface area contributed by atoms with Gasteiger partial charge in [0.1, 0.15) is 5.82 Å². The smallest absolute Gasteiger partial charge is 0.337 e. The maximum Gasteiger partial charge on any atom is 0.337 e. The Morgan fingerprint density at radius 1 is 1.54 bits per heavy atom. The average Bonchev–Trinajstić information content (AvgIpc) is 3.17. The fourth-order valence-corrected chi connectivity index (χ4v) is 3.26. The van der Waals surface area contributed by atoms with Gasteiger partial charge in [0, 0.05) is 6.61 Å². The number of carbonyl (C=O) groups excluding carboxylic acids is 1. The van der Waals surface area contributed by atoms with E-state index in [2.05, 4.69) is 15.0 Å². The quantitative estimate of drug-likeness (QED) is 0.460. The van der Waals surface area contributed by atoms with E-state index < -0.39 is 5.97 Å². The molecule has 1 aromatic carbocycles. The number of aromatic amines is 1. The summed E-state index contributed by atoms with van der Waals surface area (Å²) in [6, 6.07) is 4.64. The Hall–Kier alpha value is -2.39. The third kappa shape index (κ3) is 4.41. The van der Waals surface area contributed by atoms with Crippen LogP contribution in [0.1, 0.15) is 29.0 Å². The van der Waals surface area contributed by atoms with Crippen LogP contribution in [0.3, 0.4) is 0 Å². The summed E-state index contributed by atoms with van der Waals surface area (Å²) in [6.07, 6.45) is 2.21.